The summed E-state index contributed by atoms with van der Waals surface area (Å²) in [4.78, 5) is 17.8. The number of nitrogens with two attached hydrogens (primary N) is 1. The van der Waals surface area contributed by atoms with Crippen molar-refractivity contribution in [1.29, 1.82) is 0 Å². The molecule has 2 N–H and O–H groups in total. The van der Waals surface area contributed by atoms with Crippen molar-refractivity contribution in [3.05, 3.63) is 59.1 Å². The average Bonchev–Trinajstić information content (AvgIpc) is 2.62. The molecule has 1 aromatic carbocycles. The highest BCUT2D eigenvalue weighted by molar-refractivity contribution is 6.30. The van der Waals surface area contributed by atoms with E-state index in [0.717, 1.165) is 5.69 Å². The number of hydrogen-bond donors (Lipinski definition) is 1. The molecule has 0 unspecified atom stereocenters. The van der Waals surface area contributed by atoms with Gasteiger partial charge in [-0.2, -0.15) is 0 Å². The fourth-order valence-electron chi connectivity index (χ4n) is 3.12. The predicted octanol–water partition coefficient (Wildman–Crippen LogP) is 2.40. The summed E-state index contributed by atoms with van der Waals surface area (Å²) in [7, 11) is 0. The Bertz CT molecular complexity index is 790. The number of nitrogens with zero attached hydrogens (tertiary/aromatic N) is 2. The van der Waals surface area contributed by atoms with Crippen molar-refractivity contribution in [2.45, 2.75) is 18.6 Å². The Morgan fingerprint density at radius 2 is 2.26 bits per heavy atom. The first-order valence-corrected chi connectivity index (χ1v) is 8.95. The van der Waals surface area contributed by atoms with Crippen molar-refractivity contribution < 1.29 is 18.7 Å². The fraction of sp³-hybridized carbons (Fsp3) is 0.368. The van der Waals surface area contributed by atoms with Crippen molar-refractivity contribution in [3.8, 4) is 5.75 Å². The number of aromatic nitrogens is 1. The lowest BCUT2D eigenvalue weighted by Crippen LogP contribution is -2.56. The molecule has 6 nitrogen and oxygen atoms in total. The standard InChI is InChI=1S/C19H21ClFN3O3/c20-14-2-1-3-17(8-14)26-13-19(9-18(22)25)12-24(6-7-27-19)11-16-5-4-15(21)10-23-16/h1-5,8,10H,6-7,9,11-13H2,(H2,22,25)/t19-/m1/s1. The topological polar surface area (TPSA) is 77.7 Å². The number of primary amides is 1. The van der Waals surface area contributed by atoms with Gasteiger partial charge in [0.15, 0.2) is 0 Å². The van der Waals surface area contributed by atoms with Crippen LogP contribution in [0.5, 0.6) is 5.75 Å². The number of carbonyl (C=O) groups excluding carboxylic acids is 1. The van der Waals surface area contributed by atoms with Crippen molar-refractivity contribution in [2.75, 3.05) is 26.3 Å². The second kappa shape index (κ2) is 8.65. The van der Waals surface area contributed by atoms with Gasteiger partial charge in [0.05, 0.1) is 24.9 Å². The lowest BCUT2D eigenvalue weighted by molar-refractivity contribution is -0.148. The van der Waals surface area contributed by atoms with E-state index >= 15 is 0 Å². The molecule has 1 saturated heterocycles. The number of amides is 1. The van der Waals surface area contributed by atoms with E-state index in [4.69, 9.17) is 26.8 Å². The zero-order valence-electron chi connectivity index (χ0n) is 14.7. The second-order valence-electron chi connectivity index (χ2n) is 6.60. The molecule has 2 heterocycles. The molecular formula is C19H21ClFN3O3. The van der Waals surface area contributed by atoms with E-state index in [1.807, 2.05) is 0 Å². The fourth-order valence-corrected chi connectivity index (χ4v) is 3.30. The molecule has 8 heteroatoms. The first kappa shape index (κ1) is 19.5. The summed E-state index contributed by atoms with van der Waals surface area (Å²) in [6.07, 6.45) is 1.22. The second-order valence-corrected chi connectivity index (χ2v) is 7.04. The number of morpholine rings is 1. The molecule has 3 rings (SSSR count). The Labute approximate surface area is 162 Å². The quantitative estimate of drug-likeness (QED) is 0.781. The first-order chi connectivity index (χ1) is 12.9. The van der Waals surface area contributed by atoms with Crippen LogP contribution in [0.3, 0.4) is 0 Å². The molecule has 27 heavy (non-hydrogen) atoms. The van der Waals surface area contributed by atoms with Crippen LogP contribution in [-0.2, 0) is 16.1 Å². The SMILES string of the molecule is NC(=O)C[C@]1(COc2cccc(Cl)c2)CN(Cc2ccc(F)cn2)CCO1. The average molecular weight is 394 g/mol. The van der Waals surface area contributed by atoms with Crippen LogP contribution in [-0.4, -0.2) is 47.7 Å². The zero-order valence-corrected chi connectivity index (χ0v) is 15.5. The van der Waals surface area contributed by atoms with Gasteiger partial charge in [0.1, 0.15) is 23.8 Å². The molecule has 1 aliphatic heterocycles. The van der Waals surface area contributed by atoms with Gasteiger partial charge in [-0.1, -0.05) is 17.7 Å². The molecule has 1 fully saturated rings. The Hall–Kier alpha value is -2.22. The summed E-state index contributed by atoms with van der Waals surface area (Å²) in [5.41, 5.74) is 5.32. The van der Waals surface area contributed by atoms with Crippen LogP contribution in [0.15, 0.2) is 42.6 Å². The third-order valence-electron chi connectivity index (χ3n) is 4.30. The summed E-state index contributed by atoms with van der Waals surface area (Å²) in [5, 5.41) is 0.560. The Kier molecular flexibility index (Phi) is 6.26. The molecule has 0 saturated carbocycles. The summed E-state index contributed by atoms with van der Waals surface area (Å²) < 4.78 is 24.8. The molecule has 1 amide bonds. The van der Waals surface area contributed by atoms with Crippen LogP contribution >= 0.6 is 11.6 Å². The van der Waals surface area contributed by atoms with Crippen LogP contribution < -0.4 is 10.5 Å². The van der Waals surface area contributed by atoms with Crippen molar-refractivity contribution >= 4 is 17.5 Å². The summed E-state index contributed by atoms with van der Waals surface area (Å²) in [5.74, 6) is -0.252. The van der Waals surface area contributed by atoms with Gasteiger partial charge in [-0.05, 0) is 30.3 Å². The lowest BCUT2D eigenvalue weighted by atomic mass is 9.97. The summed E-state index contributed by atoms with van der Waals surface area (Å²) in [6.45, 7) is 2.20. The number of carbonyl (C=O) groups is 1. The molecule has 0 bridgehead atoms. The van der Waals surface area contributed by atoms with Gasteiger partial charge in [-0.15, -0.1) is 0 Å². The van der Waals surface area contributed by atoms with Crippen LogP contribution in [0.25, 0.3) is 0 Å². The lowest BCUT2D eigenvalue weighted by Gasteiger charge is -2.41. The third kappa shape index (κ3) is 5.63. The number of benzene rings is 1. The molecule has 1 atom stereocenters. The monoisotopic (exact) mass is 393 g/mol. The smallest absolute Gasteiger partial charge is 0.220 e. The van der Waals surface area contributed by atoms with E-state index < -0.39 is 11.5 Å². The van der Waals surface area contributed by atoms with E-state index in [1.54, 1.807) is 30.3 Å². The predicted molar refractivity (Wildman–Crippen MR) is 98.9 cm³/mol. The van der Waals surface area contributed by atoms with Crippen LogP contribution in [0.2, 0.25) is 5.02 Å². The van der Waals surface area contributed by atoms with Crippen LogP contribution in [0, 0.1) is 5.82 Å². The van der Waals surface area contributed by atoms with E-state index in [0.29, 0.717) is 37.0 Å². The maximum atomic E-state index is 13.0. The van der Waals surface area contributed by atoms with Gasteiger partial charge in [-0.3, -0.25) is 14.7 Å². The molecule has 2 aromatic rings. The van der Waals surface area contributed by atoms with Crippen molar-refractivity contribution in [1.82, 2.24) is 9.88 Å². The molecular weight excluding hydrogens is 373 g/mol. The van der Waals surface area contributed by atoms with E-state index in [1.165, 1.54) is 12.3 Å². The minimum absolute atomic E-state index is 0.0287. The Balaban J connectivity index is 1.70. The highest BCUT2D eigenvalue weighted by atomic mass is 35.5. The first-order valence-electron chi connectivity index (χ1n) is 8.58. The Morgan fingerprint density at radius 3 is 2.96 bits per heavy atom. The summed E-state index contributed by atoms with van der Waals surface area (Å²) in [6, 6.07) is 10.0. The minimum Gasteiger partial charge on any atom is -0.490 e. The van der Waals surface area contributed by atoms with E-state index in [-0.39, 0.29) is 18.8 Å². The molecule has 1 aromatic heterocycles. The summed E-state index contributed by atoms with van der Waals surface area (Å²) >= 11 is 5.98. The van der Waals surface area contributed by atoms with Crippen molar-refractivity contribution in [3.63, 3.8) is 0 Å². The highest BCUT2D eigenvalue weighted by Crippen LogP contribution is 2.26. The van der Waals surface area contributed by atoms with Crippen LogP contribution in [0.1, 0.15) is 12.1 Å². The van der Waals surface area contributed by atoms with Crippen LogP contribution in [0.4, 0.5) is 4.39 Å². The van der Waals surface area contributed by atoms with Crippen molar-refractivity contribution in [2.24, 2.45) is 5.73 Å². The number of pyridine rings is 1. The normalized spacial score (nSPS) is 20.4. The van der Waals surface area contributed by atoms with E-state index in [9.17, 15) is 9.18 Å². The van der Waals surface area contributed by atoms with Gasteiger partial charge in [0.25, 0.3) is 0 Å². The minimum atomic E-state index is -0.869. The molecule has 144 valence electrons. The molecule has 1 aliphatic rings. The largest absolute Gasteiger partial charge is 0.490 e. The molecule has 0 spiro atoms. The number of halogens is 2. The maximum Gasteiger partial charge on any atom is 0.220 e. The van der Waals surface area contributed by atoms with Gasteiger partial charge >= 0.3 is 0 Å². The number of rotatable bonds is 7. The highest BCUT2D eigenvalue weighted by Gasteiger charge is 2.39. The molecule has 0 radical (unpaired) electrons. The van der Waals surface area contributed by atoms with Gasteiger partial charge in [-0.25, -0.2) is 4.39 Å². The maximum absolute atomic E-state index is 13.0. The zero-order chi connectivity index (χ0) is 19.3. The molecule has 0 aliphatic carbocycles. The Morgan fingerprint density at radius 1 is 1.41 bits per heavy atom. The number of ether oxygens (including phenoxy) is 2. The number of hydrogen-bond acceptors (Lipinski definition) is 5. The third-order valence-corrected chi connectivity index (χ3v) is 4.53. The van der Waals surface area contributed by atoms with Gasteiger partial charge < -0.3 is 15.2 Å². The van der Waals surface area contributed by atoms with E-state index in [2.05, 4.69) is 9.88 Å². The van der Waals surface area contributed by atoms with Gasteiger partial charge in [0, 0.05) is 24.7 Å². The van der Waals surface area contributed by atoms with Gasteiger partial charge in [0.2, 0.25) is 5.91 Å².